The van der Waals surface area contributed by atoms with Crippen molar-refractivity contribution in [2.24, 2.45) is 11.1 Å². The molecule has 1 spiro atoms. The number of benzene rings is 1. The van der Waals surface area contributed by atoms with E-state index in [1.807, 2.05) is 0 Å². The smallest absolute Gasteiger partial charge is 0.0687 e. The molecule has 0 bridgehead atoms. The zero-order valence-electron chi connectivity index (χ0n) is 12.9. The maximum atomic E-state index is 6.54. The highest BCUT2D eigenvalue weighted by Crippen LogP contribution is 2.48. The fraction of sp³-hybridized carbons (Fsp3) is 0.684. The van der Waals surface area contributed by atoms with E-state index in [9.17, 15) is 0 Å². The fourth-order valence-electron chi connectivity index (χ4n) is 5.05. The van der Waals surface area contributed by atoms with Gasteiger partial charge in [0.2, 0.25) is 0 Å². The van der Waals surface area contributed by atoms with Gasteiger partial charge in [0.25, 0.3) is 0 Å². The largest absolute Gasteiger partial charge is 0.372 e. The molecule has 1 unspecified atom stereocenters. The zero-order valence-corrected chi connectivity index (χ0v) is 12.9. The highest BCUT2D eigenvalue weighted by Gasteiger charge is 2.46. The first-order chi connectivity index (χ1) is 10.2. The third-order valence-electron chi connectivity index (χ3n) is 6.20. The summed E-state index contributed by atoms with van der Waals surface area (Å²) in [6, 6.07) is 8.87. The first-order valence-corrected chi connectivity index (χ1v) is 8.67. The predicted octanol–water partition coefficient (Wildman–Crippen LogP) is 3.61. The van der Waals surface area contributed by atoms with E-state index in [-0.39, 0.29) is 11.0 Å². The molecule has 2 N–H and O–H groups in total. The van der Waals surface area contributed by atoms with Gasteiger partial charge in [-0.05, 0) is 68.0 Å². The van der Waals surface area contributed by atoms with Crippen molar-refractivity contribution >= 4 is 0 Å². The second-order valence-electron chi connectivity index (χ2n) is 7.70. The molecule has 21 heavy (non-hydrogen) atoms. The summed E-state index contributed by atoms with van der Waals surface area (Å²) in [5.41, 5.74) is 9.74. The number of fused-ring (bicyclic) bond motifs is 1. The normalized spacial score (nSPS) is 29.1. The summed E-state index contributed by atoms with van der Waals surface area (Å²) in [6.07, 6.45) is 11.7. The molecule has 4 rings (SSSR count). The molecule has 1 heterocycles. The molecule has 0 radical (unpaired) electrons. The molecule has 1 aromatic rings. The van der Waals surface area contributed by atoms with Crippen molar-refractivity contribution in [3.8, 4) is 0 Å². The quantitative estimate of drug-likeness (QED) is 0.920. The Morgan fingerprint density at radius 1 is 1.05 bits per heavy atom. The Balaban J connectivity index is 1.47. The first kappa shape index (κ1) is 13.8. The van der Waals surface area contributed by atoms with Crippen molar-refractivity contribution in [2.75, 3.05) is 6.54 Å². The Morgan fingerprint density at radius 2 is 1.71 bits per heavy atom. The van der Waals surface area contributed by atoms with E-state index in [1.54, 1.807) is 0 Å². The second-order valence-corrected chi connectivity index (χ2v) is 7.70. The summed E-state index contributed by atoms with van der Waals surface area (Å²) in [5.74, 6) is 0. The van der Waals surface area contributed by atoms with E-state index < -0.39 is 0 Å². The monoisotopic (exact) mass is 285 g/mol. The van der Waals surface area contributed by atoms with Gasteiger partial charge in [0, 0.05) is 0 Å². The molecule has 0 amide bonds. The highest BCUT2D eigenvalue weighted by atomic mass is 16.5. The molecule has 0 aromatic heterocycles. The summed E-state index contributed by atoms with van der Waals surface area (Å²) < 4.78 is 6.54. The van der Waals surface area contributed by atoms with Gasteiger partial charge in [-0.1, -0.05) is 37.1 Å². The van der Waals surface area contributed by atoms with Crippen molar-refractivity contribution in [1.29, 1.82) is 0 Å². The van der Waals surface area contributed by atoms with Crippen LogP contribution in [-0.4, -0.2) is 18.2 Å². The van der Waals surface area contributed by atoms with Crippen LogP contribution in [0.15, 0.2) is 24.3 Å². The number of hydrogen-bond acceptors (Lipinski definition) is 2. The maximum absolute atomic E-state index is 6.54. The second kappa shape index (κ2) is 5.10. The topological polar surface area (TPSA) is 35.2 Å². The molecular weight excluding hydrogens is 258 g/mol. The average Bonchev–Trinajstić information content (AvgIpc) is 3.19. The van der Waals surface area contributed by atoms with E-state index in [2.05, 4.69) is 24.3 Å². The Bertz CT molecular complexity index is 493. The Labute approximate surface area is 128 Å². The number of ether oxygens (including phenoxy) is 1. The molecule has 2 aliphatic carbocycles. The molecule has 1 aliphatic heterocycles. The van der Waals surface area contributed by atoms with E-state index in [0.29, 0.717) is 6.10 Å². The van der Waals surface area contributed by atoms with Crippen LogP contribution in [0.5, 0.6) is 0 Å². The molecule has 1 atom stereocenters. The highest BCUT2D eigenvalue weighted by molar-refractivity contribution is 5.34. The molecular formula is C19H27NO. The van der Waals surface area contributed by atoms with Gasteiger partial charge in [-0.15, -0.1) is 0 Å². The van der Waals surface area contributed by atoms with Gasteiger partial charge in [-0.3, -0.25) is 0 Å². The molecule has 1 saturated carbocycles. The lowest BCUT2D eigenvalue weighted by molar-refractivity contribution is -0.0519. The molecule has 3 aliphatic rings. The van der Waals surface area contributed by atoms with E-state index >= 15 is 0 Å². The van der Waals surface area contributed by atoms with E-state index in [1.165, 1.54) is 49.7 Å². The number of hydrogen-bond donors (Lipinski definition) is 1. The maximum Gasteiger partial charge on any atom is 0.0687 e. The van der Waals surface area contributed by atoms with Crippen LogP contribution in [0.3, 0.4) is 0 Å². The van der Waals surface area contributed by atoms with Crippen LogP contribution in [0, 0.1) is 5.41 Å². The lowest BCUT2D eigenvalue weighted by Crippen LogP contribution is -2.36. The van der Waals surface area contributed by atoms with Crippen molar-refractivity contribution in [2.45, 2.75) is 69.5 Å². The summed E-state index contributed by atoms with van der Waals surface area (Å²) in [4.78, 5) is 0. The van der Waals surface area contributed by atoms with Crippen molar-refractivity contribution in [3.63, 3.8) is 0 Å². The van der Waals surface area contributed by atoms with Crippen LogP contribution in [-0.2, 0) is 17.6 Å². The molecule has 114 valence electrons. The van der Waals surface area contributed by atoms with E-state index in [4.69, 9.17) is 10.5 Å². The average molecular weight is 285 g/mol. The third kappa shape index (κ3) is 2.43. The Morgan fingerprint density at radius 3 is 2.33 bits per heavy atom. The van der Waals surface area contributed by atoms with Crippen molar-refractivity contribution < 1.29 is 4.74 Å². The van der Waals surface area contributed by atoms with Crippen LogP contribution in [0.25, 0.3) is 0 Å². The SMILES string of the molecule is NCC1(CC2CCC3(CCCC3)O2)Cc2ccccc2C1. The predicted molar refractivity (Wildman–Crippen MR) is 85.3 cm³/mol. The fourth-order valence-corrected chi connectivity index (χ4v) is 5.05. The minimum atomic E-state index is 0.248. The van der Waals surface area contributed by atoms with Gasteiger partial charge in [-0.2, -0.15) is 0 Å². The van der Waals surface area contributed by atoms with Crippen LogP contribution in [0.1, 0.15) is 56.1 Å². The summed E-state index contributed by atoms with van der Waals surface area (Å²) in [5, 5.41) is 0. The minimum absolute atomic E-state index is 0.248. The van der Waals surface area contributed by atoms with Gasteiger partial charge < -0.3 is 10.5 Å². The zero-order chi connectivity index (χ0) is 14.3. The summed E-state index contributed by atoms with van der Waals surface area (Å²) >= 11 is 0. The van der Waals surface area contributed by atoms with Crippen molar-refractivity contribution in [1.82, 2.24) is 0 Å². The van der Waals surface area contributed by atoms with Crippen LogP contribution < -0.4 is 5.73 Å². The molecule has 1 saturated heterocycles. The molecule has 1 aromatic carbocycles. The Hall–Kier alpha value is -0.860. The molecule has 2 nitrogen and oxygen atoms in total. The molecule has 2 heteroatoms. The summed E-state index contributed by atoms with van der Waals surface area (Å²) in [7, 11) is 0. The van der Waals surface area contributed by atoms with E-state index in [0.717, 1.165) is 25.8 Å². The van der Waals surface area contributed by atoms with Gasteiger partial charge in [-0.25, -0.2) is 0 Å². The van der Waals surface area contributed by atoms with Crippen LogP contribution in [0.2, 0.25) is 0 Å². The Kier molecular flexibility index (Phi) is 3.35. The minimum Gasteiger partial charge on any atom is -0.372 e. The molecule has 2 fully saturated rings. The lowest BCUT2D eigenvalue weighted by Gasteiger charge is -2.32. The van der Waals surface area contributed by atoms with Crippen molar-refractivity contribution in [3.05, 3.63) is 35.4 Å². The number of rotatable bonds is 3. The van der Waals surface area contributed by atoms with Crippen LogP contribution in [0.4, 0.5) is 0 Å². The first-order valence-electron chi connectivity index (χ1n) is 8.67. The standard InChI is InChI=1S/C19H27NO/c20-14-18(11-15-5-1-2-6-16(15)12-18)13-17-7-10-19(21-17)8-3-4-9-19/h1-2,5-6,17H,3-4,7-14,20H2. The van der Waals surface area contributed by atoms with Gasteiger partial charge >= 0.3 is 0 Å². The summed E-state index contributed by atoms with van der Waals surface area (Å²) in [6.45, 7) is 0.786. The number of nitrogens with two attached hydrogens (primary N) is 1. The lowest BCUT2D eigenvalue weighted by atomic mass is 9.79. The van der Waals surface area contributed by atoms with Gasteiger partial charge in [0.05, 0.1) is 11.7 Å². The van der Waals surface area contributed by atoms with Gasteiger partial charge in [0.1, 0.15) is 0 Å². The third-order valence-corrected chi connectivity index (χ3v) is 6.20. The van der Waals surface area contributed by atoms with Gasteiger partial charge in [0.15, 0.2) is 0 Å². The van der Waals surface area contributed by atoms with Crippen LogP contribution >= 0.6 is 0 Å².